The molecular weight excluding hydrogens is 408 g/mol. The van der Waals surface area contributed by atoms with Crippen LogP contribution in [-0.4, -0.2) is 36.4 Å². The maximum absolute atomic E-state index is 13.1. The maximum atomic E-state index is 13.1. The standard InChI is InChI=1S/C18H17ClN2O2S3/c1-24-12-4-5-13-15(9-12)26-18(20-13)21(10-11-3-2-8-23-11)17(22)14-6-7-16(19)25-14/h4-7,9,11H,2-3,8,10H2,1H3/t11-/m1/s1. The molecule has 4 rings (SSSR count). The lowest BCUT2D eigenvalue weighted by molar-refractivity contribution is 0.0920. The Morgan fingerprint density at radius 3 is 2.96 bits per heavy atom. The highest BCUT2D eigenvalue weighted by Gasteiger charge is 2.27. The van der Waals surface area contributed by atoms with Gasteiger partial charge in [0.15, 0.2) is 5.13 Å². The molecule has 1 aromatic carbocycles. The lowest BCUT2D eigenvalue weighted by Crippen LogP contribution is -2.37. The summed E-state index contributed by atoms with van der Waals surface area (Å²) in [5.74, 6) is -0.0680. The smallest absolute Gasteiger partial charge is 0.270 e. The van der Waals surface area contributed by atoms with Gasteiger partial charge in [-0.1, -0.05) is 22.9 Å². The molecule has 0 saturated carbocycles. The van der Waals surface area contributed by atoms with E-state index < -0.39 is 0 Å². The van der Waals surface area contributed by atoms with E-state index in [1.165, 1.54) is 16.2 Å². The molecule has 1 atom stereocenters. The number of rotatable bonds is 5. The fourth-order valence-corrected chi connectivity index (χ4v) is 5.46. The summed E-state index contributed by atoms with van der Waals surface area (Å²) in [6, 6.07) is 9.72. The summed E-state index contributed by atoms with van der Waals surface area (Å²) in [6.45, 7) is 1.28. The largest absolute Gasteiger partial charge is 0.376 e. The summed E-state index contributed by atoms with van der Waals surface area (Å²) in [6.07, 6.45) is 4.12. The van der Waals surface area contributed by atoms with E-state index in [1.807, 2.05) is 6.07 Å². The number of ether oxygens (including phenoxy) is 1. The lowest BCUT2D eigenvalue weighted by atomic mass is 10.2. The van der Waals surface area contributed by atoms with Crippen LogP contribution >= 0.6 is 46.0 Å². The van der Waals surface area contributed by atoms with Gasteiger partial charge in [-0.05, 0) is 49.4 Å². The lowest BCUT2D eigenvalue weighted by Gasteiger charge is -2.22. The molecule has 1 aliphatic heterocycles. The van der Waals surface area contributed by atoms with Crippen molar-refractivity contribution >= 4 is 67.3 Å². The van der Waals surface area contributed by atoms with Crippen LogP contribution in [0.4, 0.5) is 5.13 Å². The SMILES string of the molecule is CSc1ccc2nc(N(C[C@H]3CCCO3)C(=O)c3ccc(Cl)s3)sc2c1. The molecule has 1 amide bonds. The molecule has 3 heterocycles. The minimum Gasteiger partial charge on any atom is -0.376 e. The van der Waals surface area contributed by atoms with Crippen molar-refractivity contribution in [2.45, 2.75) is 23.8 Å². The fourth-order valence-electron chi connectivity index (χ4n) is 2.94. The molecule has 3 aromatic rings. The Morgan fingerprint density at radius 1 is 1.38 bits per heavy atom. The monoisotopic (exact) mass is 424 g/mol. The van der Waals surface area contributed by atoms with Crippen LogP contribution in [0.25, 0.3) is 10.2 Å². The molecule has 1 aliphatic rings. The predicted octanol–water partition coefficient (Wildman–Crippen LogP) is 5.56. The van der Waals surface area contributed by atoms with Gasteiger partial charge in [0.25, 0.3) is 5.91 Å². The molecule has 0 bridgehead atoms. The van der Waals surface area contributed by atoms with Gasteiger partial charge in [-0.2, -0.15) is 0 Å². The molecule has 0 N–H and O–H groups in total. The summed E-state index contributed by atoms with van der Waals surface area (Å²) in [4.78, 5) is 21.4. The molecule has 0 unspecified atom stereocenters. The summed E-state index contributed by atoms with van der Waals surface area (Å²) >= 11 is 10.6. The third-order valence-corrected chi connectivity index (χ3v) is 7.24. The number of anilines is 1. The van der Waals surface area contributed by atoms with Crippen molar-refractivity contribution in [1.29, 1.82) is 0 Å². The van der Waals surface area contributed by atoms with Crippen molar-refractivity contribution in [3.05, 3.63) is 39.5 Å². The molecule has 1 saturated heterocycles. The van der Waals surface area contributed by atoms with Gasteiger partial charge in [0, 0.05) is 11.5 Å². The maximum Gasteiger partial charge on any atom is 0.270 e. The first kappa shape index (κ1) is 18.3. The first-order chi connectivity index (χ1) is 12.6. The van der Waals surface area contributed by atoms with Gasteiger partial charge in [-0.15, -0.1) is 23.1 Å². The molecule has 2 aromatic heterocycles. The third-order valence-electron chi connectivity index (χ3n) is 4.25. The summed E-state index contributed by atoms with van der Waals surface area (Å²) in [7, 11) is 0. The number of fused-ring (bicyclic) bond motifs is 1. The van der Waals surface area contributed by atoms with E-state index in [0.29, 0.717) is 20.9 Å². The molecule has 0 radical (unpaired) electrons. The fraction of sp³-hybridized carbons (Fsp3) is 0.333. The zero-order chi connectivity index (χ0) is 18.1. The quantitative estimate of drug-likeness (QED) is 0.503. The Bertz CT molecular complexity index is 934. The highest BCUT2D eigenvalue weighted by molar-refractivity contribution is 7.98. The van der Waals surface area contributed by atoms with Crippen LogP contribution in [-0.2, 0) is 4.74 Å². The Hall–Kier alpha value is -1.12. The Balaban J connectivity index is 1.70. The zero-order valence-corrected chi connectivity index (χ0v) is 17.3. The Morgan fingerprint density at radius 2 is 2.27 bits per heavy atom. The van der Waals surface area contributed by atoms with E-state index >= 15 is 0 Å². The molecular formula is C18H17ClN2O2S3. The second-order valence-corrected chi connectivity index (χ2v) is 9.59. The average Bonchev–Trinajstić information content (AvgIpc) is 3.38. The number of nitrogens with zero attached hydrogens (tertiary/aromatic N) is 2. The summed E-state index contributed by atoms with van der Waals surface area (Å²) in [5.41, 5.74) is 0.914. The van der Waals surface area contributed by atoms with Gasteiger partial charge < -0.3 is 4.74 Å². The summed E-state index contributed by atoms with van der Waals surface area (Å²) in [5, 5.41) is 0.711. The van der Waals surface area contributed by atoms with Gasteiger partial charge in [0.1, 0.15) is 0 Å². The zero-order valence-electron chi connectivity index (χ0n) is 14.1. The Labute approximate surface area is 169 Å². The average molecular weight is 425 g/mol. The van der Waals surface area contributed by atoms with E-state index in [9.17, 15) is 4.79 Å². The molecule has 0 aliphatic carbocycles. The number of thiazole rings is 1. The van der Waals surface area contributed by atoms with Crippen molar-refractivity contribution in [3.63, 3.8) is 0 Å². The van der Waals surface area contributed by atoms with Crippen LogP contribution in [0.5, 0.6) is 0 Å². The molecule has 8 heteroatoms. The second-order valence-electron chi connectivity index (χ2n) is 5.98. The van der Waals surface area contributed by atoms with Gasteiger partial charge in [-0.25, -0.2) is 4.98 Å². The number of thioether (sulfide) groups is 1. The number of amides is 1. The number of carbonyl (C=O) groups is 1. The van der Waals surface area contributed by atoms with Gasteiger partial charge in [-0.3, -0.25) is 9.69 Å². The minimum absolute atomic E-state index is 0.0585. The minimum atomic E-state index is -0.0680. The second kappa shape index (κ2) is 7.86. The molecule has 136 valence electrons. The van der Waals surface area contributed by atoms with Gasteiger partial charge >= 0.3 is 0 Å². The van der Waals surface area contributed by atoms with Crippen LogP contribution in [0.15, 0.2) is 35.2 Å². The van der Waals surface area contributed by atoms with Crippen LogP contribution in [0.2, 0.25) is 4.34 Å². The summed E-state index contributed by atoms with van der Waals surface area (Å²) < 4.78 is 7.46. The van der Waals surface area contributed by atoms with E-state index in [1.54, 1.807) is 40.1 Å². The number of hydrogen-bond donors (Lipinski definition) is 0. The molecule has 0 spiro atoms. The number of carbonyl (C=O) groups excluding carboxylic acids is 1. The molecule has 26 heavy (non-hydrogen) atoms. The van der Waals surface area contributed by atoms with E-state index in [2.05, 4.69) is 18.4 Å². The van der Waals surface area contributed by atoms with Crippen molar-refractivity contribution in [3.8, 4) is 0 Å². The van der Waals surface area contributed by atoms with Crippen LogP contribution in [0, 0.1) is 0 Å². The predicted molar refractivity (Wildman–Crippen MR) is 111 cm³/mol. The highest BCUT2D eigenvalue weighted by Crippen LogP contribution is 2.34. The van der Waals surface area contributed by atoms with Crippen LogP contribution in [0.3, 0.4) is 0 Å². The normalized spacial score (nSPS) is 17.1. The van der Waals surface area contributed by atoms with Crippen LogP contribution in [0.1, 0.15) is 22.5 Å². The number of hydrogen-bond acceptors (Lipinski definition) is 6. The molecule has 1 fully saturated rings. The van der Waals surface area contributed by atoms with Crippen molar-refractivity contribution in [2.75, 3.05) is 24.3 Å². The number of aromatic nitrogens is 1. The van der Waals surface area contributed by atoms with Gasteiger partial charge in [0.2, 0.25) is 0 Å². The number of thiophene rings is 1. The topological polar surface area (TPSA) is 42.4 Å². The van der Waals surface area contributed by atoms with E-state index in [4.69, 9.17) is 21.3 Å². The third kappa shape index (κ3) is 3.77. The van der Waals surface area contributed by atoms with Crippen molar-refractivity contribution < 1.29 is 9.53 Å². The van der Waals surface area contributed by atoms with Crippen molar-refractivity contribution in [1.82, 2.24) is 4.98 Å². The van der Waals surface area contributed by atoms with Gasteiger partial charge in [0.05, 0.1) is 32.1 Å². The number of halogens is 1. The molecule has 4 nitrogen and oxygen atoms in total. The van der Waals surface area contributed by atoms with Crippen molar-refractivity contribution in [2.24, 2.45) is 0 Å². The van der Waals surface area contributed by atoms with E-state index in [-0.39, 0.29) is 12.0 Å². The first-order valence-corrected chi connectivity index (χ1v) is 11.5. The van der Waals surface area contributed by atoms with E-state index in [0.717, 1.165) is 29.7 Å². The Kier molecular flexibility index (Phi) is 5.52. The first-order valence-electron chi connectivity index (χ1n) is 8.27. The highest BCUT2D eigenvalue weighted by atomic mass is 35.5. The van der Waals surface area contributed by atoms with Crippen LogP contribution < -0.4 is 4.90 Å². The number of benzene rings is 1.